The Morgan fingerprint density at radius 3 is 2.53 bits per heavy atom. The molecule has 0 spiro atoms. The fourth-order valence-electron chi connectivity index (χ4n) is 2.64. The van der Waals surface area contributed by atoms with Crippen molar-refractivity contribution in [1.29, 1.82) is 0 Å². The quantitative estimate of drug-likeness (QED) is 0.383. The number of halogens is 1. The number of hydrazone groups is 1. The van der Waals surface area contributed by atoms with Crippen LogP contribution in [0.15, 0.2) is 82.4 Å². The van der Waals surface area contributed by atoms with Crippen molar-refractivity contribution in [3.8, 4) is 11.5 Å². The van der Waals surface area contributed by atoms with Gasteiger partial charge in [0, 0.05) is 4.47 Å². The molecule has 3 aromatic carbocycles. The first-order valence-electron chi connectivity index (χ1n) is 9.18. The van der Waals surface area contributed by atoms with Crippen LogP contribution in [0.5, 0.6) is 11.5 Å². The number of amides is 1. The van der Waals surface area contributed by atoms with E-state index in [0.717, 1.165) is 10.0 Å². The highest BCUT2D eigenvalue weighted by atomic mass is 79.9. The molecule has 0 bridgehead atoms. The second kappa shape index (κ2) is 10.6. The number of rotatable bonds is 8. The van der Waals surface area contributed by atoms with E-state index in [1.54, 1.807) is 49.6 Å². The van der Waals surface area contributed by atoms with Crippen LogP contribution in [-0.4, -0.2) is 24.3 Å². The van der Waals surface area contributed by atoms with Crippen molar-refractivity contribution in [2.45, 2.75) is 12.7 Å². The normalized spacial score (nSPS) is 11.8. The van der Waals surface area contributed by atoms with Crippen molar-refractivity contribution in [1.82, 2.24) is 5.43 Å². The van der Waals surface area contributed by atoms with Crippen LogP contribution in [0.25, 0.3) is 0 Å². The van der Waals surface area contributed by atoms with E-state index in [2.05, 4.69) is 26.5 Å². The Morgan fingerprint density at radius 2 is 1.83 bits per heavy atom. The van der Waals surface area contributed by atoms with Crippen LogP contribution in [0.4, 0.5) is 0 Å². The van der Waals surface area contributed by atoms with Crippen LogP contribution in [0.2, 0.25) is 0 Å². The van der Waals surface area contributed by atoms with Gasteiger partial charge in [0.05, 0.1) is 13.3 Å². The summed E-state index contributed by atoms with van der Waals surface area (Å²) in [5.41, 5.74) is 4.58. The van der Waals surface area contributed by atoms with Gasteiger partial charge >= 0.3 is 0 Å². The van der Waals surface area contributed by atoms with E-state index in [1.807, 2.05) is 30.3 Å². The molecule has 7 heteroatoms. The van der Waals surface area contributed by atoms with E-state index >= 15 is 0 Å². The van der Waals surface area contributed by atoms with Gasteiger partial charge in [0.25, 0.3) is 5.91 Å². The molecule has 0 unspecified atom stereocenters. The molecule has 0 radical (unpaired) electrons. The topological polar surface area (TPSA) is 80.2 Å². The molecule has 0 saturated heterocycles. The number of nitrogens with zero attached hydrogens (tertiary/aromatic N) is 1. The van der Waals surface area contributed by atoms with Crippen molar-refractivity contribution in [3.05, 3.63) is 94.0 Å². The van der Waals surface area contributed by atoms with Crippen LogP contribution in [0.1, 0.15) is 22.8 Å². The van der Waals surface area contributed by atoms with Crippen molar-refractivity contribution in [2.75, 3.05) is 7.11 Å². The molecule has 0 aliphatic rings. The molecule has 0 aromatic heterocycles. The minimum atomic E-state index is -1.28. The number of aliphatic hydroxyl groups excluding tert-OH is 1. The van der Waals surface area contributed by atoms with E-state index in [9.17, 15) is 9.90 Å². The zero-order chi connectivity index (χ0) is 21.3. The van der Waals surface area contributed by atoms with Crippen LogP contribution in [-0.2, 0) is 11.4 Å². The SMILES string of the molecule is COc1cc(/C=N\NC(=O)[C@H](O)c2ccccc2)ccc1OCc1ccc(Br)cc1. The first-order valence-corrected chi connectivity index (χ1v) is 9.97. The highest BCUT2D eigenvalue weighted by Gasteiger charge is 2.16. The Kier molecular flexibility index (Phi) is 7.59. The number of hydrogen-bond acceptors (Lipinski definition) is 5. The average molecular weight is 469 g/mol. The summed E-state index contributed by atoms with van der Waals surface area (Å²) in [7, 11) is 1.56. The maximum Gasteiger partial charge on any atom is 0.273 e. The monoisotopic (exact) mass is 468 g/mol. The zero-order valence-corrected chi connectivity index (χ0v) is 17.9. The van der Waals surface area contributed by atoms with Gasteiger partial charge in [-0.25, -0.2) is 5.43 Å². The lowest BCUT2D eigenvalue weighted by Crippen LogP contribution is -2.25. The number of ether oxygens (including phenoxy) is 2. The Balaban J connectivity index is 1.59. The second-order valence-electron chi connectivity index (χ2n) is 6.37. The fourth-order valence-corrected chi connectivity index (χ4v) is 2.91. The third kappa shape index (κ3) is 5.92. The van der Waals surface area contributed by atoms with Gasteiger partial charge in [0.2, 0.25) is 0 Å². The first kappa shape index (κ1) is 21.5. The summed E-state index contributed by atoms with van der Waals surface area (Å²) < 4.78 is 12.3. The number of aliphatic hydroxyl groups is 1. The predicted octanol–water partition coefficient (Wildman–Crippen LogP) is 4.22. The Labute approximate surface area is 183 Å². The molecule has 1 atom stereocenters. The number of hydrogen-bond donors (Lipinski definition) is 2. The summed E-state index contributed by atoms with van der Waals surface area (Å²) in [4.78, 5) is 12.0. The van der Waals surface area contributed by atoms with E-state index < -0.39 is 12.0 Å². The van der Waals surface area contributed by atoms with Crippen molar-refractivity contribution < 1.29 is 19.4 Å². The minimum Gasteiger partial charge on any atom is -0.493 e. The molecule has 0 heterocycles. The van der Waals surface area contributed by atoms with Crippen molar-refractivity contribution >= 4 is 28.1 Å². The summed E-state index contributed by atoms with van der Waals surface area (Å²) in [6.45, 7) is 0.407. The molecule has 2 N–H and O–H groups in total. The summed E-state index contributed by atoms with van der Waals surface area (Å²) >= 11 is 3.41. The average Bonchev–Trinajstić information content (AvgIpc) is 2.79. The number of nitrogens with one attached hydrogen (secondary N) is 1. The van der Waals surface area contributed by atoms with E-state index in [-0.39, 0.29) is 0 Å². The lowest BCUT2D eigenvalue weighted by Gasteiger charge is -2.11. The first-order chi connectivity index (χ1) is 14.6. The standard InChI is InChI=1S/C23H21BrN2O4/c1-29-21-13-17(9-12-20(21)30-15-16-7-10-19(24)11-8-16)14-25-26-23(28)22(27)18-5-3-2-4-6-18/h2-14,22,27H,15H2,1H3,(H,26,28)/b25-14-/t22-/m1/s1. The molecule has 0 aliphatic heterocycles. The van der Waals surface area contributed by atoms with Gasteiger partial charge in [-0.1, -0.05) is 58.4 Å². The molecular weight excluding hydrogens is 448 g/mol. The van der Waals surface area contributed by atoms with Crippen molar-refractivity contribution in [2.24, 2.45) is 5.10 Å². The number of carbonyl (C=O) groups is 1. The molecule has 3 aromatic rings. The Morgan fingerprint density at radius 1 is 1.10 bits per heavy atom. The highest BCUT2D eigenvalue weighted by molar-refractivity contribution is 9.10. The molecular formula is C23H21BrN2O4. The maximum atomic E-state index is 12.0. The third-order valence-electron chi connectivity index (χ3n) is 4.25. The van der Waals surface area contributed by atoms with E-state index in [1.165, 1.54) is 6.21 Å². The van der Waals surface area contributed by atoms with Gasteiger partial charge in [0.1, 0.15) is 6.61 Å². The second-order valence-corrected chi connectivity index (χ2v) is 7.29. The third-order valence-corrected chi connectivity index (χ3v) is 4.78. The molecule has 0 aliphatic carbocycles. The number of carbonyl (C=O) groups excluding carboxylic acids is 1. The molecule has 1 amide bonds. The Bertz CT molecular complexity index is 1010. The summed E-state index contributed by atoms with van der Waals surface area (Å²) in [5.74, 6) is 0.534. The minimum absolute atomic E-state index is 0.407. The van der Waals surface area contributed by atoms with Gasteiger partial charge in [0.15, 0.2) is 17.6 Å². The zero-order valence-electron chi connectivity index (χ0n) is 16.3. The molecule has 6 nitrogen and oxygen atoms in total. The van der Waals surface area contributed by atoms with Crippen LogP contribution in [0, 0.1) is 0 Å². The lowest BCUT2D eigenvalue weighted by molar-refractivity contribution is -0.129. The highest BCUT2D eigenvalue weighted by Crippen LogP contribution is 2.28. The summed E-state index contributed by atoms with van der Waals surface area (Å²) in [6, 6.07) is 21.8. The van der Waals surface area contributed by atoms with Gasteiger partial charge in [-0.2, -0.15) is 5.10 Å². The van der Waals surface area contributed by atoms with Crippen LogP contribution < -0.4 is 14.9 Å². The van der Waals surface area contributed by atoms with Crippen LogP contribution >= 0.6 is 15.9 Å². The number of methoxy groups -OCH3 is 1. The van der Waals surface area contributed by atoms with E-state index in [0.29, 0.717) is 29.2 Å². The van der Waals surface area contributed by atoms with Crippen molar-refractivity contribution in [3.63, 3.8) is 0 Å². The maximum absolute atomic E-state index is 12.0. The number of benzene rings is 3. The van der Waals surface area contributed by atoms with Gasteiger partial charge in [-0.15, -0.1) is 0 Å². The predicted molar refractivity (Wildman–Crippen MR) is 119 cm³/mol. The molecule has 0 fully saturated rings. The van der Waals surface area contributed by atoms with Gasteiger partial charge in [-0.3, -0.25) is 4.79 Å². The van der Waals surface area contributed by atoms with Gasteiger partial charge < -0.3 is 14.6 Å². The molecule has 30 heavy (non-hydrogen) atoms. The fraction of sp³-hybridized carbons (Fsp3) is 0.130. The molecule has 3 rings (SSSR count). The Hall–Kier alpha value is -3.16. The molecule has 154 valence electrons. The summed E-state index contributed by atoms with van der Waals surface area (Å²) in [6.07, 6.45) is 0.184. The van der Waals surface area contributed by atoms with Gasteiger partial charge in [-0.05, 0) is 47.0 Å². The van der Waals surface area contributed by atoms with E-state index in [4.69, 9.17) is 9.47 Å². The smallest absolute Gasteiger partial charge is 0.273 e. The lowest BCUT2D eigenvalue weighted by atomic mass is 10.1. The van der Waals surface area contributed by atoms with Crippen LogP contribution in [0.3, 0.4) is 0 Å². The molecule has 0 saturated carbocycles. The largest absolute Gasteiger partial charge is 0.493 e. The summed E-state index contributed by atoms with van der Waals surface area (Å²) in [5, 5.41) is 14.0.